The van der Waals surface area contributed by atoms with Gasteiger partial charge in [-0.05, 0) is 38.0 Å². The Bertz CT molecular complexity index is 311. The van der Waals surface area contributed by atoms with Gasteiger partial charge >= 0.3 is 0 Å². The van der Waals surface area contributed by atoms with Crippen LogP contribution in [0.5, 0.6) is 0 Å². The van der Waals surface area contributed by atoms with Crippen LogP contribution in [0.2, 0.25) is 0 Å². The molecule has 2 aliphatic heterocycles. The van der Waals surface area contributed by atoms with Crippen LogP contribution in [0.1, 0.15) is 45.4 Å². The minimum Gasteiger partial charge on any atom is -0.342 e. The third-order valence-corrected chi connectivity index (χ3v) is 4.02. The van der Waals surface area contributed by atoms with Crippen LogP contribution >= 0.6 is 0 Å². The molecule has 1 atom stereocenters. The van der Waals surface area contributed by atoms with Gasteiger partial charge in [-0.1, -0.05) is 6.92 Å². The van der Waals surface area contributed by atoms with E-state index in [1.165, 1.54) is 12.8 Å². The molecule has 2 saturated heterocycles. The van der Waals surface area contributed by atoms with Crippen molar-refractivity contribution < 1.29 is 9.59 Å². The second kappa shape index (κ2) is 6.21. The predicted molar refractivity (Wildman–Crippen MR) is 70.0 cm³/mol. The third-order valence-electron chi connectivity index (χ3n) is 4.02. The van der Waals surface area contributed by atoms with Gasteiger partial charge in [0.15, 0.2) is 0 Å². The molecule has 2 fully saturated rings. The Morgan fingerprint density at radius 3 is 2.22 bits per heavy atom. The van der Waals surface area contributed by atoms with E-state index >= 15 is 0 Å². The molecular formula is C14H24N2O2. The van der Waals surface area contributed by atoms with Crippen molar-refractivity contribution in [3.05, 3.63) is 0 Å². The molecule has 0 N–H and O–H groups in total. The van der Waals surface area contributed by atoms with Gasteiger partial charge in [-0.3, -0.25) is 9.59 Å². The zero-order chi connectivity index (χ0) is 13.0. The van der Waals surface area contributed by atoms with E-state index in [4.69, 9.17) is 0 Å². The first-order valence-corrected chi connectivity index (χ1v) is 7.22. The van der Waals surface area contributed by atoms with Crippen LogP contribution in [0, 0.1) is 5.92 Å². The van der Waals surface area contributed by atoms with Crippen LogP contribution in [0.25, 0.3) is 0 Å². The van der Waals surface area contributed by atoms with Gasteiger partial charge in [-0.15, -0.1) is 0 Å². The molecule has 1 unspecified atom stereocenters. The smallest absolute Gasteiger partial charge is 0.232 e. The van der Waals surface area contributed by atoms with Crippen molar-refractivity contribution in [2.45, 2.75) is 45.4 Å². The Morgan fingerprint density at radius 1 is 0.944 bits per heavy atom. The summed E-state index contributed by atoms with van der Waals surface area (Å²) in [6.07, 6.45) is 5.73. The van der Waals surface area contributed by atoms with Crippen LogP contribution in [-0.4, -0.2) is 47.8 Å². The molecule has 0 aliphatic carbocycles. The van der Waals surface area contributed by atoms with Crippen molar-refractivity contribution in [2.24, 2.45) is 5.92 Å². The lowest BCUT2D eigenvalue weighted by atomic mass is 10.00. The first kappa shape index (κ1) is 13.4. The standard InChI is InChI=1S/C14H24N2O2/c1-12-6-5-9-16(11-12)14(18)10-13(17)15-7-3-2-4-8-15/h12H,2-11H2,1H3. The summed E-state index contributed by atoms with van der Waals surface area (Å²) in [7, 11) is 0. The fourth-order valence-electron chi connectivity index (χ4n) is 2.91. The molecular weight excluding hydrogens is 228 g/mol. The Morgan fingerprint density at radius 2 is 1.56 bits per heavy atom. The highest BCUT2D eigenvalue weighted by Crippen LogP contribution is 2.17. The molecule has 0 radical (unpaired) electrons. The summed E-state index contributed by atoms with van der Waals surface area (Å²) in [6, 6.07) is 0. The summed E-state index contributed by atoms with van der Waals surface area (Å²) in [5.74, 6) is 0.628. The van der Waals surface area contributed by atoms with E-state index in [-0.39, 0.29) is 18.2 Å². The minimum atomic E-state index is 0.0251. The molecule has 2 amide bonds. The SMILES string of the molecule is CC1CCCN(C(=O)CC(=O)N2CCCCC2)C1. The van der Waals surface area contributed by atoms with Crippen molar-refractivity contribution in [2.75, 3.05) is 26.2 Å². The minimum absolute atomic E-state index is 0.0251. The maximum atomic E-state index is 12.1. The predicted octanol–water partition coefficient (Wildman–Crippen LogP) is 1.65. The third kappa shape index (κ3) is 3.47. The highest BCUT2D eigenvalue weighted by atomic mass is 16.2. The van der Waals surface area contributed by atoms with Crippen LogP contribution < -0.4 is 0 Å². The number of likely N-dealkylation sites (tertiary alicyclic amines) is 2. The maximum absolute atomic E-state index is 12.1. The van der Waals surface area contributed by atoms with Crippen LogP contribution in [0.4, 0.5) is 0 Å². The lowest BCUT2D eigenvalue weighted by molar-refractivity contribution is -0.142. The molecule has 102 valence electrons. The van der Waals surface area contributed by atoms with Crippen molar-refractivity contribution in [1.82, 2.24) is 9.80 Å². The summed E-state index contributed by atoms with van der Waals surface area (Å²) in [5.41, 5.74) is 0. The molecule has 2 rings (SSSR count). The summed E-state index contributed by atoms with van der Waals surface area (Å²) in [6.45, 7) is 5.50. The molecule has 0 aromatic heterocycles. The molecule has 4 nitrogen and oxygen atoms in total. The van der Waals surface area contributed by atoms with Gasteiger partial charge in [0.05, 0.1) is 0 Å². The van der Waals surface area contributed by atoms with E-state index < -0.39 is 0 Å². The molecule has 0 bridgehead atoms. The van der Waals surface area contributed by atoms with Crippen LogP contribution in [0.3, 0.4) is 0 Å². The summed E-state index contributed by atoms with van der Waals surface area (Å²) in [5, 5.41) is 0. The Labute approximate surface area is 109 Å². The Hall–Kier alpha value is -1.06. The van der Waals surface area contributed by atoms with Gasteiger partial charge in [0.25, 0.3) is 0 Å². The zero-order valence-electron chi connectivity index (χ0n) is 11.4. The van der Waals surface area contributed by atoms with Gasteiger partial charge in [0.2, 0.25) is 11.8 Å². The molecule has 2 heterocycles. The van der Waals surface area contributed by atoms with Crippen LogP contribution in [0.15, 0.2) is 0 Å². The molecule has 0 aromatic rings. The average molecular weight is 252 g/mol. The lowest BCUT2D eigenvalue weighted by Crippen LogP contribution is -2.43. The van der Waals surface area contributed by atoms with Crippen molar-refractivity contribution in [3.8, 4) is 0 Å². The molecule has 4 heteroatoms. The zero-order valence-corrected chi connectivity index (χ0v) is 11.4. The summed E-state index contributed by atoms with van der Waals surface area (Å²) in [4.78, 5) is 27.8. The fraction of sp³-hybridized carbons (Fsp3) is 0.857. The van der Waals surface area contributed by atoms with Gasteiger partial charge in [-0.2, -0.15) is 0 Å². The first-order valence-electron chi connectivity index (χ1n) is 7.22. The van der Waals surface area contributed by atoms with Gasteiger partial charge < -0.3 is 9.80 Å². The number of amides is 2. The van der Waals surface area contributed by atoms with Crippen molar-refractivity contribution in [3.63, 3.8) is 0 Å². The summed E-state index contributed by atoms with van der Waals surface area (Å²) < 4.78 is 0. The molecule has 0 aromatic carbocycles. The quantitative estimate of drug-likeness (QED) is 0.701. The highest BCUT2D eigenvalue weighted by Gasteiger charge is 2.25. The lowest BCUT2D eigenvalue weighted by Gasteiger charge is -2.32. The number of hydrogen-bond acceptors (Lipinski definition) is 2. The van der Waals surface area contributed by atoms with Crippen molar-refractivity contribution in [1.29, 1.82) is 0 Å². The van der Waals surface area contributed by atoms with E-state index in [0.717, 1.165) is 45.4 Å². The second-order valence-corrected chi connectivity index (χ2v) is 5.71. The number of nitrogens with zero attached hydrogens (tertiary/aromatic N) is 2. The average Bonchev–Trinajstić information content (AvgIpc) is 2.39. The van der Waals surface area contributed by atoms with Gasteiger partial charge in [0.1, 0.15) is 6.42 Å². The van der Waals surface area contributed by atoms with Gasteiger partial charge in [-0.25, -0.2) is 0 Å². The van der Waals surface area contributed by atoms with Gasteiger partial charge in [0, 0.05) is 26.2 Å². The Balaban J connectivity index is 1.80. The monoisotopic (exact) mass is 252 g/mol. The molecule has 0 saturated carbocycles. The second-order valence-electron chi connectivity index (χ2n) is 5.71. The highest BCUT2D eigenvalue weighted by molar-refractivity contribution is 5.97. The van der Waals surface area contributed by atoms with E-state index in [2.05, 4.69) is 6.92 Å². The number of hydrogen-bond donors (Lipinski definition) is 0. The fourth-order valence-corrected chi connectivity index (χ4v) is 2.91. The maximum Gasteiger partial charge on any atom is 0.232 e. The first-order chi connectivity index (χ1) is 8.66. The van der Waals surface area contributed by atoms with E-state index in [0.29, 0.717) is 5.92 Å². The van der Waals surface area contributed by atoms with E-state index in [1.807, 2.05) is 9.80 Å². The van der Waals surface area contributed by atoms with E-state index in [9.17, 15) is 9.59 Å². The molecule has 18 heavy (non-hydrogen) atoms. The number of carbonyl (C=O) groups is 2. The van der Waals surface area contributed by atoms with E-state index in [1.54, 1.807) is 0 Å². The largest absolute Gasteiger partial charge is 0.342 e. The molecule has 2 aliphatic rings. The number of piperidine rings is 2. The van der Waals surface area contributed by atoms with Crippen LogP contribution in [-0.2, 0) is 9.59 Å². The number of carbonyl (C=O) groups excluding carboxylic acids is 2. The Kier molecular flexibility index (Phi) is 4.61. The number of rotatable bonds is 2. The summed E-state index contributed by atoms with van der Waals surface area (Å²) >= 11 is 0. The normalized spacial score (nSPS) is 25.1. The topological polar surface area (TPSA) is 40.6 Å². The molecule has 0 spiro atoms. The van der Waals surface area contributed by atoms with Crippen molar-refractivity contribution >= 4 is 11.8 Å².